The average Bonchev–Trinajstić information content (AvgIpc) is 3.72. The fourth-order valence-electron chi connectivity index (χ4n) is 3.09. The first-order chi connectivity index (χ1) is 17.3. The number of nitrogen functional groups attached to an aromatic ring is 1. The molecule has 4 rings (SSSR count). The summed E-state index contributed by atoms with van der Waals surface area (Å²) in [6, 6.07) is 16.2. The van der Waals surface area contributed by atoms with Crippen molar-refractivity contribution in [3.8, 4) is 11.5 Å². The summed E-state index contributed by atoms with van der Waals surface area (Å²) >= 11 is 0. The van der Waals surface area contributed by atoms with Crippen LogP contribution in [0.1, 0.15) is 25.3 Å². The van der Waals surface area contributed by atoms with Gasteiger partial charge in [-0.1, -0.05) is 12.1 Å². The molecule has 3 aromatic rings. The van der Waals surface area contributed by atoms with E-state index in [1.165, 1.54) is 6.20 Å². The Kier molecular flexibility index (Phi) is 9.40. The van der Waals surface area contributed by atoms with Crippen LogP contribution in [0.25, 0.3) is 0 Å². The molecular formula is C26H31N5O4S. The van der Waals surface area contributed by atoms with Crippen molar-refractivity contribution >= 4 is 39.7 Å². The summed E-state index contributed by atoms with van der Waals surface area (Å²) in [7, 11) is 0.477. The van der Waals surface area contributed by atoms with Gasteiger partial charge in [0.25, 0.3) is 0 Å². The minimum atomic E-state index is -1.15. The molecule has 1 heterocycles. The van der Waals surface area contributed by atoms with Crippen molar-refractivity contribution in [2.75, 3.05) is 31.0 Å². The van der Waals surface area contributed by atoms with Crippen LogP contribution in [0.5, 0.6) is 11.5 Å². The number of para-hydroxylation sites is 1. The highest BCUT2D eigenvalue weighted by atomic mass is 32.2. The monoisotopic (exact) mass is 509 g/mol. The average molecular weight is 510 g/mol. The van der Waals surface area contributed by atoms with Crippen molar-refractivity contribution < 1.29 is 18.5 Å². The van der Waals surface area contributed by atoms with Gasteiger partial charge in [-0.15, -0.1) is 0 Å². The molecule has 10 heteroatoms. The molecule has 2 aromatic carbocycles. The number of benzene rings is 2. The largest absolute Gasteiger partial charge is 0.497 e. The number of amides is 1. The van der Waals surface area contributed by atoms with E-state index in [1.54, 1.807) is 31.6 Å². The van der Waals surface area contributed by atoms with Crippen molar-refractivity contribution in [1.29, 1.82) is 0 Å². The first kappa shape index (κ1) is 26.7. The molecule has 0 radical (unpaired) electrons. The van der Waals surface area contributed by atoms with E-state index in [1.807, 2.05) is 43.3 Å². The van der Waals surface area contributed by atoms with Gasteiger partial charge in [-0.25, -0.2) is 9.98 Å². The number of nitrogens with two attached hydrogens (primary N) is 2. The Bertz CT molecular complexity index is 1240. The van der Waals surface area contributed by atoms with Crippen LogP contribution in [0.2, 0.25) is 0 Å². The summed E-state index contributed by atoms with van der Waals surface area (Å²) in [6.45, 7) is 2.29. The highest BCUT2D eigenvalue weighted by Crippen LogP contribution is 2.30. The topological polar surface area (TPSA) is 142 Å². The van der Waals surface area contributed by atoms with E-state index in [0.29, 0.717) is 34.3 Å². The summed E-state index contributed by atoms with van der Waals surface area (Å²) in [4.78, 5) is 20.4. The van der Waals surface area contributed by atoms with Crippen LogP contribution in [0, 0.1) is 5.92 Å². The first-order valence-electron chi connectivity index (χ1n) is 11.4. The Morgan fingerprint density at radius 1 is 1.19 bits per heavy atom. The van der Waals surface area contributed by atoms with Gasteiger partial charge in [0.1, 0.15) is 11.6 Å². The minimum Gasteiger partial charge on any atom is -0.497 e. The fraction of sp³-hybridized carbons (Fsp3) is 0.269. The maximum atomic E-state index is 11.5. The zero-order valence-corrected chi connectivity index (χ0v) is 21.4. The molecule has 36 heavy (non-hydrogen) atoms. The normalized spacial score (nSPS) is 13.7. The van der Waals surface area contributed by atoms with Gasteiger partial charge in [0.05, 0.1) is 29.4 Å². The SMILES string of the molecule is CCOc1cc(S(C)=O)cnc1/N=C(/N)c1ccccc1N.COc1ccc(NC(=O)C2CC2)cc1. The van der Waals surface area contributed by atoms with Crippen molar-refractivity contribution in [3.63, 3.8) is 0 Å². The third-order valence-electron chi connectivity index (χ3n) is 5.21. The van der Waals surface area contributed by atoms with Gasteiger partial charge < -0.3 is 26.3 Å². The molecule has 1 unspecified atom stereocenters. The van der Waals surface area contributed by atoms with Gasteiger partial charge in [-0.3, -0.25) is 9.00 Å². The fourth-order valence-corrected chi connectivity index (χ4v) is 3.57. The standard InChI is InChI=1S/C15H18N4O2S.C11H13NO2/c1-3-21-13-8-10(22(2)20)9-18-15(13)19-14(17)11-6-4-5-7-12(11)16;1-14-10-6-4-9(5-7-10)12-11(13)8-2-3-8/h4-9H,3,16H2,1-2H3,(H2,17,18,19);4-8H,2-3H2,1H3,(H,12,13). The van der Waals surface area contributed by atoms with Crippen LogP contribution < -0.4 is 26.3 Å². The number of hydrogen-bond acceptors (Lipinski definition) is 7. The molecule has 190 valence electrons. The Labute approximate surface area is 213 Å². The van der Waals surface area contributed by atoms with Gasteiger partial charge in [0.2, 0.25) is 5.91 Å². The molecule has 1 amide bonds. The van der Waals surface area contributed by atoms with Crippen LogP contribution in [0.15, 0.2) is 70.7 Å². The number of amidine groups is 1. The molecule has 9 nitrogen and oxygen atoms in total. The molecule has 0 spiro atoms. The number of pyridine rings is 1. The zero-order valence-electron chi connectivity index (χ0n) is 20.6. The number of aliphatic imine (C=N–C) groups is 1. The molecule has 1 atom stereocenters. The van der Waals surface area contributed by atoms with Crippen LogP contribution in [-0.4, -0.2) is 40.9 Å². The molecule has 1 aromatic heterocycles. The number of carbonyl (C=O) groups excluding carboxylic acids is 1. The number of rotatable bonds is 8. The lowest BCUT2D eigenvalue weighted by atomic mass is 10.1. The number of carbonyl (C=O) groups is 1. The third-order valence-corrected chi connectivity index (χ3v) is 6.10. The maximum Gasteiger partial charge on any atom is 0.227 e. The molecule has 1 saturated carbocycles. The van der Waals surface area contributed by atoms with E-state index < -0.39 is 10.8 Å². The number of ether oxygens (including phenoxy) is 2. The van der Waals surface area contributed by atoms with E-state index in [2.05, 4.69) is 15.3 Å². The molecule has 5 N–H and O–H groups in total. The van der Waals surface area contributed by atoms with E-state index in [0.717, 1.165) is 24.3 Å². The second-order valence-corrected chi connectivity index (χ2v) is 9.34. The van der Waals surface area contributed by atoms with E-state index in [9.17, 15) is 9.00 Å². The van der Waals surface area contributed by atoms with Crippen LogP contribution in [0.3, 0.4) is 0 Å². The Hall–Kier alpha value is -3.92. The van der Waals surface area contributed by atoms with Crippen molar-refractivity contribution in [3.05, 3.63) is 66.4 Å². The highest BCUT2D eigenvalue weighted by molar-refractivity contribution is 7.84. The molecule has 1 fully saturated rings. The highest BCUT2D eigenvalue weighted by Gasteiger charge is 2.29. The number of hydrogen-bond donors (Lipinski definition) is 3. The summed E-state index contributed by atoms with van der Waals surface area (Å²) in [5.74, 6) is 2.20. The van der Waals surface area contributed by atoms with Gasteiger partial charge in [0, 0.05) is 41.4 Å². The van der Waals surface area contributed by atoms with Crippen molar-refractivity contribution in [2.24, 2.45) is 16.6 Å². The van der Waals surface area contributed by atoms with Gasteiger partial charge >= 0.3 is 0 Å². The molecule has 1 aliphatic carbocycles. The third kappa shape index (κ3) is 7.54. The van der Waals surface area contributed by atoms with E-state index in [-0.39, 0.29) is 17.7 Å². The smallest absolute Gasteiger partial charge is 0.227 e. The van der Waals surface area contributed by atoms with Gasteiger partial charge in [-0.05, 0) is 56.2 Å². The summed E-state index contributed by atoms with van der Waals surface area (Å²) in [5.41, 5.74) is 13.9. The predicted octanol–water partition coefficient (Wildman–Crippen LogP) is 3.88. The lowest BCUT2D eigenvalue weighted by molar-refractivity contribution is -0.117. The van der Waals surface area contributed by atoms with Crippen LogP contribution >= 0.6 is 0 Å². The van der Waals surface area contributed by atoms with Crippen LogP contribution in [-0.2, 0) is 15.6 Å². The second kappa shape index (κ2) is 12.7. The summed E-state index contributed by atoms with van der Waals surface area (Å²) in [6.07, 6.45) is 5.14. The number of aromatic nitrogens is 1. The first-order valence-corrected chi connectivity index (χ1v) is 13.0. The summed E-state index contributed by atoms with van der Waals surface area (Å²) in [5, 5.41) is 2.86. The molecule has 0 saturated heterocycles. The summed E-state index contributed by atoms with van der Waals surface area (Å²) < 4.78 is 22.1. The maximum absolute atomic E-state index is 11.5. The molecular weight excluding hydrogens is 478 g/mol. The van der Waals surface area contributed by atoms with Gasteiger partial charge in [-0.2, -0.15) is 0 Å². The lowest BCUT2D eigenvalue weighted by Crippen LogP contribution is -2.15. The van der Waals surface area contributed by atoms with E-state index >= 15 is 0 Å². The van der Waals surface area contributed by atoms with Crippen molar-refractivity contribution in [1.82, 2.24) is 4.98 Å². The number of nitrogens with one attached hydrogen (secondary N) is 1. The second-order valence-electron chi connectivity index (χ2n) is 7.96. The zero-order chi connectivity index (χ0) is 26.1. The lowest BCUT2D eigenvalue weighted by Gasteiger charge is -2.09. The van der Waals surface area contributed by atoms with Crippen molar-refractivity contribution in [2.45, 2.75) is 24.7 Å². The van der Waals surface area contributed by atoms with Gasteiger partial charge in [0.15, 0.2) is 11.6 Å². The molecule has 0 aliphatic heterocycles. The number of nitrogens with zero attached hydrogens (tertiary/aromatic N) is 2. The Balaban J connectivity index is 0.000000221. The molecule has 0 bridgehead atoms. The van der Waals surface area contributed by atoms with E-state index in [4.69, 9.17) is 20.9 Å². The predicted molar refractivity (Wildman–Crippen MR) is 143 cm³/mol. The Morgan fingerprint density at radius 3 is 2.47 bits per heavy atom. The minimum absolute atomic E-state index is 0.134. The molecule has 1 aliphatic rings. The Morgan fingerprint density at radius 2 is 1.89 bits per heavy atom. The van der Waals surface area contributed by atoms with Crippen LogP contribution in [0.4, 0.5) is 17.2 Å². The number of methoxy groups -OCH3 is 1. The number of anilines is 2. The quantitative estimate of drug-likeness (QED) is 0.238.